The number of para-hydroxylation sites is 1. The quantitative estimate of drug-likeness (QED) is 0.921. The van der Waals surface area contributed by atoms with E-state index in [-0.39, 0.29) is 5.91 Å². The second-order valence-corrected chi connectivity index (χ2v) is 5.87. The standard InChI is InChI=1S/C16H22N2O3/c1-11-9-18(12(2)19)7-6-14(11)17-8-13-4-3-5-15-16(13)21-10-20-15/h3-5,11,14,17H,6-10H2,1-2H3/t11-,14-/m0/s1. The molecule has 0 aliphatic carbocycles. The molecule has 0 saturated carbocycles. The average molecular weight is 290 g/mol. The van der Waals surface area contributed by atoms with Gasteiger partial charge in [-0.2, -0.15) is 0 Å². The smallest absolute Gasteiger partial charge is 0.231 e. The Labute approximate surface area is 125 Å². The molecule has 3 rings (SSSR count). The van der Waals surface area contributed by atoms with Crippen LogP contribution in [0.3, 0.4) is 0 Å². The molecule has 5 heteroatoms. The number of rotatable bonds is 3. The Morgan fingerprint density at radius 2 is 2.29 bits per heavy atom. The summed E-state index contributed by atoms with van der Waals surface area (Å²) in [6.07, 6.45) is 0.993. The Kier molecular flexibility index (Phi) is 4.01. The summed E-state index contributed by atoms with van der Waals surface area (Å²) in [4.78, 5) is 13.4. The Bertz CT molecular complexity index is 532. The van der Waals surface area contributed by atoms with Crippen LogP contribution in [0, 0.1) is 5.92 Å². The largest absolute Gasteiger partial charge is 0.454 e. The Hall–Kier alpha value is -1.75. The molecule has 0 spiro atoms. The summed E-state index contributed by atoms with van der Waals surface area (Å²) in [5.74, 6) is 2.32. The van der Waals surface area contributed by atoms with Crippen molar-refractivity contribution < 1.29 is 14.3 Å². The van der Waals surface area contributed by atoms with E-state index in [1.807, 2.05) is 17.0 Å². The Morgan fingerprint density at radius 3 is 3.05 bits per heavy atom. The predicted octanol–water partition coefficient (Wildman–Crippen LogP) is 1.76. The fourth-order valence-corrected chi connectivity index (χ4v) is 3.11. The predicted molar refractivity (Wildman–Crippen MR) is 79.2 cm³/mol. The van der Waals surface area contributed by atoms with Crippen LogP contribution < -0.4 is 14.8 Å². The van der Waals surface area contributed by atoms with E-state index in [1.165, 1.54) is 0 Å². The number of nitrogens with zero attached hydrogens (tertiary/aromatic N) is 1. The highest BCUT2D eigenvalue weighted by atomic mass is 16.7. The van der Waals surface area contributed by atoms with E-state index in [2.05, 4.69) is 18.3 Å². The van der Waals surface area contributed by atoms with Crippen LogP contribution in [0.4, 0.5) is 0 Å². The molecule has 21 heavy (non-hydrogen) atoms. The molecular weight excluding hydrogens is 268 g/mol. The summed E-state index contributed by atoms with van der Waals surface area (Å²) in [6.45, 7) is 6.58. The normalized spacial score (nSPS) is 24.2. The molecule has 1 amide bonds. The van der Waals surface area contributed by atoms with Crippen molar-refractivity contribution in [1.82, 2.24) is 10.2 Å². The lowest BCUT2D eigenvalue weighted by molar-refractivity contribution is -0.130. The first-order valence-electron chi connectivity index (χ1n) is 7.51. The van der Waals surface area contributed by atoms with Crippen molar-refractivity contribution in [3.05, 3.63) is 23.8 Å². The first-order valence-corrected chi connectivity index (χ1v) is 7.51. The van der Waals surface area contributed by atoms with Gasteiger partial charge in [0.05, 0.1) is 0 Å². The van der Waals surface area contributed by atoms with Gasteiger partial charge < -0.3 is 19.7 Å². The van der Waals surface area contributed by atoms with Crippen LogP contribution in [0.15, 0.2) is 18.2 Å². The summed E-state index contributed by atoms with van der Waals surface area (Å²) in [5.41, 5.74) is 1.13. The molecule has 2 atom stereocenters. The maximum atomic E-state index is 11.4. The van der Waals surface area contributed by atoms with Gasteiger partial charge in [-0.15, -0.1) is 0 Å². The third-order valence-corrected chi connectivity index (χ3v) is 4.38. The molecule has 0 unspecified atom stereocenters. The summed E-state index contributed by atoms with van der Waals surface area (Å²) < 4.78 is 10.9. The minimum absolute atomic E-state index is 0.173. The van der Waals surface area contributed by atoms with Gasteiger partial charge in [0, 0.05) is 38.2 Å². The van der Waals surface area contributed by atoms with Gasteiger partial charge in [-0.1, -0.05) is 19.1 Å². The van der Waals surface area contributed by atoms with Gasteiger partial charge in [0.15, 0.2) is 11.5 Å². The number of nitrogens with one attached hydrogen (secondary N) is 1. The number of likely N-dealkylation sites (tertiary alicyclic amines) is 1. The van der Waals surface area contributed by atoms with Gasteiger partial charge in [0.2, 0.25) is 12.7 Å². The molecule has 2 heterocycles. The monoisotopic (exact) mass is 290 g/mol. The summed E-state index contributed by atoms with van der Waals surface area (Å²) in [6, 6.07) is 6.42. The highest BCUT2D eigenvalue weighted by Gasteiger charge is 2.27. The number of carbonyl (C=O) groups excluding carboxylic acids is 1. The van der Waals surface area contributed by atoms with Crippen molar-refractivity contribution in [3.63, 3.8) is 0 Å². The molecule has 2 aliphatic rings. The second kappa shape index (κ2) is 5.93. The SMILES string of the molecule is CC(=O)N1CC[C@H](NCc2cccc3c2OCO3)[C@@H](C)C1. The van der Waals surface area contributed by atoms with E-state index >= 15 is 0 Å². The second-order valence-electron chi connectivity index (χ2n) is 5.87. The fraction of sp³-hybridized carbons (Fsp3) is 0.562. The van der Waals surface area contributed by atoms with Gasteiger partial charge in [0.25, 0.3) is 0 Å². The molecule has 1 N–H and O–H groups in total. The van der Waals surface area contributed by atoms with Crippen LogP contribution in [0.2, 0.25) is 0 Å². The highest BCUT2D eigenvalue weighted by molar-refractivity contribution is 5.73. The van der Waals surface area contributed by atoms with E-state index in [1.54, 1.807) is 6.92 Å². The van der Waals surface area contributed by atoms with Crippen molar-refractivity contribution >= 4 is 5.91 Å². The van der Waals surface area contributed by atoms with E-state index in [0.717, 1.165) is 43.1 Å². The zero-order chi connectivity index (χ0) is 14.8. The van der Waals surface area contributed by atoms with E-state index < -0.39 is 0 Å². The van der Waals surface area contributed by atoms with Crippen molar-refractivity contribution in [3.8, 4) is 11.5 Å². The first kappa shape index (κ1) is 14.2. The number of amides is 1. The molecular formula is C16H22N2O3. The van der Waals surface area contributed by atoms with Crippen LogP contribution >= 0.6 is 0 Å². The van der Waals surface area contributed by atoms with E-state index in [0.29, 0.717) is 18.8 Å². The van der Waals surface area contributed by atoms with Crippen molar-refractivity contribution in [2.75, 3.05) is 19.9 Å². The van der Waals surface area contributed by atoms with Gasteiger partial charge in [-0.05, 0) is 18.4 Å². The zero-order valence-corrected chi connectivity index (χ0v) is 12.6. The van der Waals surface area contributed by atoms with Crippen LogP contribution in [0.25, 0.3) is 0 Å². The number of carbonyl (C=O) groups is 1. The summed E-state index contributed by atoms with van der Waals surface area (Å²) in [7, 11) is 0. The van der Waals surface area contributed by atoms with Gasteiger partial charge in [-0.3, -0.25) is 4.79 Å². The lowest BCUT2D eigenvalue weighted by Gasteiger charge is -2.37. The molecule has 2 aliphatic heterocycles. The molecule has 1 saturated heterocycles. The first-order chi connectivity index (χ1) is 10.1. The number of benzene rings is 1. The van der Waals surface area contributed by atoms with Crippen molar-refractivity contribution in [1.29, 1.82) is 0 Å². The maximum absolute atomic E-state index is 11.4. The highest BCUT2D eigenvalue weighted by Crippen LogP contribution is 2.35. The number of hydrogen-bond acceptors (Lipinski definition) is 4. The molecule has 1 fully saturated rings. The minimum Gasteiger partial charge on any atom is -0.454 e. The molecule has 114 valence electrons. The van der Waals surface area contributed by atoms with Crippen LogP contribution in [0.1, 0.15) is 25.8 Å². The zero-order valence-electron chi connectivity index (χ0n) is 12.6. The van der Waals surface area contributed by atoms with Crippen LogP contribution in [-0.4, -0.2) is 36.7 Å². The third-order valence-electron chi connectivity index (χ3n) is 4.38. The average Bonchev–Trinajstić information content (AvgIpc) is 2.94. The number of hydrogen-bond donors (Lipinski definition) is 1. The molecule has 1 aromatic rings. The van der Waals surface area contributed by atoms with Gasteiger partial charge in [-0.25, -0.2) is 0 Å². The molecule has 1 aromatic carbocycles. The molecule has 5 nitrogen and oxygen atoms in total. The maximum Gasteiger partial charge on any atom is 0.231 e. The van der Waals surface area contributed by atoms with Gasteiger partial charge >= 0.3 is 0 Å². The van der Waals surface area contributed by atoms with Crippen LogP contribution in [-0.2, 0) is 11.3 Å². The molecule has 0 aromatic heterocycles. The molecule has 0 bridgehead atoms. The number of piperidine rings is 1. The van der Waals surface area contributed by atoms with Gasteiger partial charge in [0.1, 0.15) is 0 Å². The summed E-state index contributed by atoms with van der Waals surface area (Å²) >= 11 is 0. The topological polar surface area (TPSA) is 50.8 Å². The molecule has 0 radical (unpaired) electrons. The fourth-order valence-electron chi connectivity index (χ4n) is 3.11. The van der Waals surface area contributed by atoms with Crippen molar-refractivity contribution in [2.24, 2.45) is 5.92 Å². The Balaban J connectivity index is 1.59. The minimum atomic E-state index is 0.173. The van der Waals surface area contributed by atoms with E-state index in [9.17, 15) is 4.79 Å². The van der Waals surface area contributed by atoms with Crippen molar-refractivity contribution in [2.45, 2.75) is 32.9 Å². The lowest BCUT2D eigenvalue weighted by Crippen LogP contribution is -2.49. The Morgan fingerprint density at radius 1 is 1.43 bits per heavy atom. The lowest BCUT2D eigenvalue weighted by atomic mass is 9.93. The summed E-state index contributed by atoms with van der Waals surface area (Å²) in [5, 5.41) is 3.60. The number of ether oxygens (including phenoxy) is 2. The van der Waals surface area contributed by atoms with Crippen LogP contribution in [0.5, 0.6) is 11.5 Å². The third kappa shape index (κ3) is 2.97. The van der Waals surface area contributed by atoms with E-state index in [4.69, 9.17) is 9.47 Å². The number of fused-ring (bicyclic) bond motifs is 1.